The molecule has 0 heterocycles. The summed E-state index contributed by atoms with van der Waals surface area (Å²) in [6.07, 6.45) is 4.79. The summed E-state index contributed by atoms with van der Waals surface area (Å²) in [6.45, 7) is 5.43. The maximum atomic E-state index is 6.54. The Morgan fingerprint density at radius 1 is 0.514 bits per heavy atom. The second-order valence-electron chi connectivity index (χ2n) is 8.79. The average Bonchev–Trinajstić information content (AvgIpc) is 2.97. The Balaban J connectivity index is 1.59. The highest BCUT2D eigenvalue weighted by atomic mass is 16.6. The molecule has 4 aromatic carbocycles. The molecule has 0 aromatic heterocycles. The minimum absolute atomic E-state index is 0.372. The Morgan fingerprint density at radius 3 is 1.38 bits per heavy atom. The number of ether oxygens (including phenoxy) is 3. The third-order valence-electron chi connectivity index (χ3n) is 6.01. The first-order valence-corrected chi connectivity index (χ1v) is 12.6. The molecule has 37 heavy (non-hydrogen) atoms. The lowest BCUT2D eigenvalue weighted by Gasteiger charge is -2.31. The van der Waals surface area contributed by atoms with E-state index in [-0.39, 0.29) is 12.2 Å². The van der Waals surface area contributed by atoms with Crippen molar-refractivity contribution in [3.63, 3.8) is 0 Å². The van der Waals surface area contributed by atoms with Crippen LogP contribution in [0.15, 0.2) is 140 Å². The standard InChI is InChI=1S/C34H34O3/c1-2-32(35-25-29-17-9-4-10-18-29)34(37-27-31-21-13-6-14-22-31)33(24-23-28-15-7-3-8-16-28)36-26-30-19-11-5-12-20-30/h2-24,32-34H,1,25-27H2/b24-23+/t32-,33-,34+/m1/s1. The van der Waals surface area contributed by atoms with Gasteiger partial charge < -0.3 is 14.2 Å². The molecular formula is C34H34O3. The summed E-state index contributed by atoms with van der Waals surface area (Å²) in [5, 5.41) is 0. The van der Waals surface area contributed by atoms with Crippen LogP contribution in [0.1, 0.15) is 22.3 Å². The molecule has 0 aliphatic carbocycles. The number of hydrogen-bond donors (Lipinski definition) is 0. The van der Waals surface area contributed by atoms with Crippen LogP contribution in [-0.2, 0) is 34.0 Å². The van der Waals surface area contributed by atoms with Crippen LogP contribution in [0.5, 0.6) is 0 Å². The summed E-state index contributed by atoms with van der Waals surface area (Å²) < 4.78 is 19.4. The first-order valence-electron chi connectivity index (χ1n) is 12.6. The highest BCUT2D eigenvalue weighted by Gasteiger charge is 2.29. The lowest BCUT2D eigenvalue weighted by atomic mass is 10.0. The van der Waals surface area contributed by atoms with E-state index in [0.717, 1.165) is 22.3 Å². The van der Waals surface area contributed by atoms with Crippen molar-refractivity contribution in [2.75, 3.05) is 0 Å². The third-order valence-corrected chi connectivity index (χ3v) is 6.01. The summed E-state index contributed by atoms with van der Waals surface area (Å²) in [5.74, 6) is 0. The van der Waals surface area contributed by atoms with E-state index < -0.39 is 6.10 Å². The summed E-state index contributed by atoms with van der Waals surface area (Å²) in [4.78, 5) is 0. The molecule has 188 valence electrons. The van der Waals surface area contributed by atoms with Crippen molar-refractivity contribution in [3.05, 3.63) is 162 Å². The molecule has 0 bridgehead atoms. The Labute approximate surface area is 220 Å². The van der Waals surface area contributed by atoms with Gasteiger partial charge in [0.05, 0.1) is 19.8 Å². The SMILES string of the molecule is C=C[C@@H](OCc1ccccc1)[C@H](OCc1ccccc1)[C@@H](/C=C/c1ccccc1)OCc1ccccc1. The second kappa shape index (κ2) is 14.7. The second-order valence-corrected chi connectivity index (χ2v) is 8.79. The van der Waals surface area contributed by atoms with Gasteiger partial charge in [-0.15, -0.1) is 6.58 Å². The van der Waals surface area contributed by atoms with E-state index in [2.05, 4.69) is 67.3 Å². The van der Waals surface area contributed by atoms with E-state index in [9.17, 15) is 0 Å². The summed E-state index contributed by atoms with van der Waals surface area (Å²) in [6, 6.07) is 40.7. The minimum atomic E-state index is -0.412. The molecule has 0 aliphatic rings. The Kier molecular flexibility index (Phi) is 10.5. The molecule has 0 radical (unpaired) electrons. The topological polar surface area (TPSA) is 27.7 Å². The fraction of sp³-hybridized carbons (Fsp3) is 0.176. The van der Waals surface area contributed by atoms with Gasteiger partial charge >= 0.3 is 0 Å². The van der Waals surface area contributed by atoms with Gasteiger partial charge in [0, 0.05) is 0 Å². The Hall–Kier alpha value is -3.76. The van der Waals surface area contributed by atoms with E-state index in [0.29, 0.717) is 19.8 Å². The summed E-state index contributed by atoms with van der Waals surface area (Å²) >= 11 is 0. The lowest BCUT2D eigenvalue weighted by Crippen LogP contribution is -2.40. The van der Waals surface area contributed by atoms with Gasteiger partial charge in [-0.05, 0) is 22.3 Å². The van der Waals surface area contributed by atoms with Crippen LogP contribution in [0, 0.1) is 0 Å². The van der Waals surface area contributed by atoms with Gasteiger partial charge in [-0.3, -0.25) is 0 Å². The van der Waals surface area contributed by atoms with Crippen LogP contribution in [0.4, 0.5) is 0 Å². The molecule has 0 unspecified atom stereocenters. The zero-order valence-electron chi connectivity index (χ0n) is 21.1. The molecule has 3 heteroatoms. The summed E-state index contributed by atoms with van der Waals surface area (Å²) in [7, 11) is 0. The van der Waals surface area contributed by atoms with Crippen LogP contribution in [0.25, 0.3) is 6.08 Å². The zero-order chi connectivity index (χ0) is 25.5. The minimum Gasteiger partial charge on any atom is -0.367 e. The van der Waals surface area contributed by atoms with E-state index >= 15 is 0 Å². The normalized spacial score (nSPS) is 13.7. The van der Waals surface area contributed by atoms with Crippen molar-refractivity contribution in [1.29, 1.82) is 0 Å². The third kappa shape index (κ3) is 8.69. The number of rotatable bonds is 14. The van der Waals surface area contributed by atoms with Crippen molar-refractivity contribution in [3.8, 4) is 0 Å². The van der Waals surface area contributed by atoms with Crippen LogP contribution in [0.3, 0.4) is 0 Å². The van der Waals surface area contributed by atoms with Crippen molar-refractivity contribution >= 4 is 6.08 Å². The molecule has 0 aliphatic heterocycles. The fourth-order valence-corrected chi connectivity index (χ4v) is 4.00. The maximum Gasteiger partial charge on any atom is 0.117 e. The lowest BCUT2D eigenvalue weighted by molar-refractivity contribution is -0.123. The molecule has 0 spiro atoms. The van der Waals surface area contributed by atoms with Gasteiger partial charge in [0.15, 0.2) is 0 Å². The predicted molar refractivity (Wildman–Crippen MR) is 151 cm³/mol. The molecule has 0 fully saturated rings. The molecule has 0 N–H and O–H groups in total. The van der Waals surface area contributed by atoms with E-state index in [4.69, 9.17) is 14.2 Å². The highest BCUT2D eigenvalue weighted by Crippen LogP contribution is 2.21. The number of benzene rings is 4. The zero-order valence-corrected chi connectivity index (χ0v) is 21.1. The van der Waals surface area contributed by atoms with Crippen LogP contribution in [0.2, 0.25) is 0 Å². The molecular weight excluding hydrogens is 456 g/mol. The average molecular weight is 491 g/mol. The monoisotopic (exact) mass is 490 g/mol. The maximum absolute atomic E-state index is 6.54. The van der Waals surface area contributed by atoms with Gasteiger partial charge in [0.25, 0.3) is 0 Å². The van der Waals surface area contributed by atoms with Gasteiger partial charge in [-0.1, -0.05) is 140 Å². The van der Waals surface area contributed by atoms with Crippen molar-refractivity contribution in [2.45, 2.75) is 38.1 Å². The van der Waals surface area contributed by atoms with Crippen LogP contribution in [-0.4, -0.2) is 18.3 Å². The Morgan fingerprint density at radius 2 is 0.919 bits per heavy atom. The molecule has 0 saturated heterocycles. The smallest absolute Gasteiger partial charge is 0.117 e. The molecule has 4 rings (SSSR count). The van der Waals surface area contributed by atoms with Gasteiger partial charge in [-0.25, -0.2) is 0 Å². The van der Waals surface area contributed by atoms with Crippen molar-refractivity contribution in [1.82, 2.24) is 0 Å². The predicted octanol–water partition coefficient (Wildman–Crippen LogP) is 7.64. The van der Waals surface area contributed by atoms with Crippen LogP contribution < -0.4 is 0 Å². The Bertz CT molecular complexity index is 1190. The largest absolute Gasteiger partial charge is 0.367 e. The van der Waals surface area contributed by atoms with Gasteiger partial charge in [-0.2, -0.15) is 0 Å². The van der Waals surface area contributed by atoms with Crippen molar-refractivity contribution in [2.24, 2.45) is 0 Å². The van der Waals surface area contributed by atoms with Gasteiger partial charge in [0.2, 0.25) is 0 Å². The summed E-state index contributed by atoms with van der Waals surface area (Å²) in [5.41, 5.74) is 4.38. The highest BCUT2D eigenvalue weighted by molar-refractivity contribution is 5.49. The first kappa shape index (κ1) is 26.3. The molecule has 0 saturated carbocycles. The number of hydrogen-bond acceptors (Lipinski definition) is 3. The first-order chi connectivity index (χ1) is 18.3. The quantitative estimate of drug-likeness (QED) is 0.170. The fourth-order valence-electron chi connectivity index (χ4n) is 4.00. The molecule has 0 amide bonds. The van der Waals surface area contributed by atoms with E-state index in [1.165, 1.54) is 0 Å². The molecule has 3 nitrogen and oxygen atoms in total. The molecule has 4 aromatic rings. The van der Waals surface area contributed by atoms with E-state index in [1.54, 1.807) is 0 Å². The van der Waals surface area contributed by atoms with E-state index in [1.807, 2.05) is 78.9 Å². The van der Waals surface area contributed by atoms with Crippen molar-refractivity contribution < 1.29 is 14.2 Å². The van der Waals surface area contributed by atoms with Crippen LogP contribution >= 0.6 is 0 Å². The van der Waals surface area contributed by atoms with Gasteiger partial charge in [0.1, 0.15) is 18.3 Å². The molecule has 3 atom stereocenters.